The Balaban J connectivity index is 1.82. The van der Waals surface area contributed by atoms with Crippen LogP contribution in [0.3, 0.4) is 0 Å². The molecule has 2 heterocycles. The SMILES string of the molecule is O=C(O)Cn1cc2c(n1)CCC1(C2)OCCO1. The molecule has 1 aliphatic heterocycles. The van der Waals surface area contributed by atoms with Crippen molar-refractivity contribution in [3.05, 3.63) is 17.5 Å². The highest BCUT2D eigenvalue weighted by molar-refractivity contribution is 5.66. The van der Waals surface area contributed by atoms with Crippen LogP contribution in [0.15, 0.2) is 6.20 Å². The molecule has 0 amide bonds. The zero-order valence-corrected chi connectivity index (χ0v) is 9.39. The van der Waals surface area contributed by atoms with Crippen LogP contribution in [0, 0.1) is 0 Å². The van der Waals surface area contributed by atoms with Crippen molar-refractivity contribution >= 4 is 5.97 Å². The first-order valence-electron chi connectivity index (χ1n) is 5.72. The highest BCUT2D eigenvalue weighted by Crippen LogP contribution is 2.34. The van der Waals surface area contributed by atoms with Gasteiger partial charge < -0.3 is 14.6 Å². The molecule has 17 heavy (non-hydrogen) atoms. The van der Waals surface area contributed by atoms with E-state index in [9.17, 15) is 4.79 Å². The smallest absolute Gasteiger partial charge is 0.325 e. The summed E-state index contributed by atoms with van der Waals surface area (Å²) in [7, 11) is 0. The maximum Gasteiger partial charge on any atom is 0.325 e. The molecule has 6 nitrogen and oxygen atoms in total. The number of rotatable bonds is 2. The number of carboxylic acids is 1. The summed E-state index contributed by atoms with van der Waals surface area (Å²) in [6.07, 6.45) is 4.03. The molecule has 0 unspecified atom stereocenters. The first-order chi connectivity index (χ1) is 8.17. The Morgan fingerprint density at radius 3 is 3.00 bits per heavy atom. The number of hydrogen-bond acceptors (Lipinski definition) is 4. The van der Waals surface area contributed by atoms with Crippen LogP contribution < -0.4 is 0 Å². The van der Waals surface area contributed by atoms with Crippen LogP contribution in [0.25, 0.3) is 0 Å². The quantitative estimate of drug-likeness (QED) is 0.796. The summed E-state index contributed by atoms with van der Waals surface area (Å²) >= 11 is 0. The molecule has 6 heteroatoms. The molecule has 1 spiro atoms. The van der Waals surface area contributed by atoms with Gasteiger partial charge in [-0.2, -0.15) is 5.10 Å². The molecule has 1 fully saturated rings. The predicted octanol–water partition coefficient (Wildman–Crippen LogP) is 0.200. The largest absolute Gasteiger partial charge is 0.480 e. The molecule has 0 radical (unpaired) electrons. The van der Waals surface area contributed by atoms with E-state index in [1.54, 1.807) is 6.20 Å². The molecule has 92 valence electrons. The minimum absolute atomic E-state index is 0.0955. The lowest BCUT2D eigenvalue weighted by atomic mass is 9.92. The summed E-state index contributed by atoms with van der Waals surface area (Å²) in [5.41, 5.74) is 2.01. The van der Waals surface area contributed by atoms with E-state index in [2.05, 4.69) is 5.10 Å². The molecular formula is C11H14N2O4. The topological polar surface area (TPSA) is 73.6 Å². The minimum atomic E-state index is -0.882. The van der Waals surface area contributed by atoms with Crippen molar-refractivity contribution < 1.29 is 19.4 Å². The average molecular weight is 238 g/mol. The van der Waals surface area contributed by atoms with Crippen molar-refractivity contribution in [1.29, 1.82) is 0 Å². The Kier molecular flexibility index (Phi) is 2.41. The zero-order valence-electron chi connectivity index (χ0n) is 9.39. The van der Waals surface area contributed by atoms with Crippen LogP contribution in [-0.2, 0) is 33.7 Å². The summed E-state index contributed by atoms with van der Waals surface area (Å²) in [6.45, 7) is 1.18. The van der Waals surface area contributed by atoms with Crippen molar-refractivity contribution in [1.82, 2.24) is 9.78 Å². The number of carboxylic acid groups (broad SMARTS) is 1. The summed E-state index contributed by atoms with van der Waals surface area (Å²) in [5, 5.41) is 13.0. The Morgan fingerprint density at radius 2 is 2.29 bits per heavy atom. The third-order valence-electron chi connectivity index (χ3n) is 3.24. The number of fused-ring (bicyclic) bond motifs is 1. The monoisotopic (exact) mass is 238 g/mol. The maximum absolute atomic E-state index is 10.6. The van der Waals surface area contributed by atoms with E-state index >= 15 is 0 Å². The molecule has 0 saturated carbocycles. The van der Waals surface area contributed by atoms with Gasteiger partial charge in [0.2, 0.25) is 0 Å². The minimum Gasteiger partial charge on any atom is -0.480 e. The third-order valence-corrected chi connectivity index (χ3v) is 3.24. The van der Waals surface area contributed by atoms with Crippen LogP contribution in [0.1, 0.15) is 17.7 Å². The van der Waals surface area contributed by atoms with Gasteiger partial charge in [-0.3, -0.25) is 9.48 Å². The van der Waals surface area contributed by atoms with Crippen LogP contribution in [-0.4, -0.2) is 39.9 Å². The third kappa shape index (κ3) is 1.94. The second-order valence-electron chi connectivity index (χ2n) is 4.48. The van der Waals surface area contributed by atoms with Gasteiger partial charge in [0.25, 0.3) is 0 Å². The molecule has 0 aromatic carbocycles. The van der Waals surface area contributed by atoms with Crippen LogP contribution in [0.2, 0.25) is 0 Å². The Morgan fingerprint density at radius 1 is 1.53 bits per heavy atom. The van der Waals surface area contributed by atoms with Crippen molar-refractivity contribution in [2.24, 2.45) is 0 Å². The van der Waals surface area contributed by atoms with E-state index in [1.807, 2.05) is 0 Å². The maximum atomic E-state index is 10.6. The second kappa shape index (κ2) is 3.82. The number of nitrogens with zero attached hydrogens (tertiary/aromatic N) is 2. The summed E-state index contributed by atoms with van der Waals surface area (Å²) in [5.74, 6) is -1.36. The van der Waals surface area contributed by atoms with E-state index < -0.39 is 11.8 Å². The Labute approximate surface area is 98.1 Å². The molecular weight excluding hydrogens is 224 g/mol. The van der Waals surface area contributed by atoms with E-state index in [0.717, 1.165) is 24.1 Å². The summed E-state index contributed by atoms with van der Waals surface area (Å²) < 4.78 is 12.8. The van der Waals surface area contributed by atoms with Gasteiger partial charge in [-0.25, -0.2) is 0 Å². The van der Waals surface area contributed by atoms with Gasteiger partial charge in [0.1, 0.15) is 6.54 Å². The van der Waals surface area contributed by atoms with E-state index in [4.69, 9.17) is 14.6 Å². The predicted molar refractivity (Wildman–Crippen MR) is 56.5 cm³/mol. The fraction of sp³-hybridized carbons (Fsp3) is 0.636. The number of hydrogen-bond donors (Lipinski definition) is 1. The van der Waals surface area contributed by atoms with Gasteiger partial charge in [0.05, 0.1) is 18.9 Å². The number of aliphatic carboxylic acids is 1. The second-order valence-corrected chi connectivity index (χ2v) is 4.48. The normalized spacial score (nSPS) is 21.6. The standard InChI is InChI=1S/C11H14N2O4/c14-10(15)7-13-6-8-5-11(16-3-4-17-11)2-1-9(8)12-13/h6H,1-5,7H2,(H,14,15). The van der Waals surface area contributed by atoms with Gasteiger partial charge in [-0.1, -0.05) is 0 Å². The van der Waals surface area contributed by atoms with E-state index in [-0.39, 0.29) is 6.54 Å². The first kappa shape index (κ1) is 10.7. The van der Waals surface area contributed by atoms with Gasteiger partial charge in [-0.05, 0) is 12.0 Å². The van der Waals surface area contributed by atoms with Crippen LogP contribution in [0.5, 0.6) is 0 Å². The van der Waals surface area contributed by atoms with Crippen molar-refractivity contribution in [2.45, 2.75) is 31.6 Å². The number of aryl methyl sites for hydroxylation is 1. The molecule has 1 N–H and O–H groups in total. The average Bonchev–Trinajstić information content (AvgIpc) is 2.84. The molecule has 3 rings (SSSR count). The van der Waals surface area contributed by atoms with Crippen molar-refractivity contribution in [2.75, 3.05) is 13.2 Å². The lowest BCUT2D eigenvalue weighted by Crippen LogP contribution is -2.36. The fourth-order valence-electron chi connectivity index (χ4n) is 2.51. The van der Waals surface area contributed by atoms with Gasteiger partial charge in [0, 0.05) is 19.0 Å². The van der Waals surface area contributed by atoms with Crippen LogP contribution in [0.4, 0.5) is 0 Å². The molecule has 1 aromatic rings. The Hall–Kier alpha value is -1.40. The van der Waals surface area contributed by atoms with Gasteiger partial charge >= 0.3 is 5.97 Å². The lowest BCUT2D eigenvalue weighted by molar-refractivity contribution is -0.163. The molecule has 2 aliphatic rings. The number of ether oxygens (including phenoxy) is 2. The molecule has 0 atom stereocenters. The van der Waals surface area contributed by atoms with Gasteiger partial charge in [0.15, 0.2) is 5.79 Å². The highest BCUT2D eigenvalue weighted by atomic mass is 16.7. The van der Waals surface area contributed by atoms with E-state index in [0.29, 0.717) is 19.6 Å². The lowest BCUT2D eigenvalue weighted by Gasteiger charge is -2.30. The molecule has 0 bridgehead atoms. The first-order valence-corrected chi connectivity index (χ1v) is 5.72. The Bertz CT molecular complexity index is 448. The van der Waals surface area contributed by atoms with Crippen molar-refractivity contribution in [3.8, 4) is 0 Å². The highest BCUT2D eigenvalue weighted by Gasteiger charge is 2.40. The number of carbonyl (C=O) groups is 1. The fourth-order valence-corrected chi connectivity index (χ4v) is 2.51. The molecule has 1 aliphatic carbocycles. The zero-order chi connectivity index (χ0) is 11.9. The van der Waals surface area contributed by atoms with Gasteiger partial charge in [-0.15, -0.1) is 0 Å². The van der Waals surface area contributed by atoms with Crippen LogP contribution >= 0.6 is 0 Å². The number of aromatic nitrogens is 2. The summed E-state index contributed by atoms with van der Waals surface area (Å²) in [4.78, 5) is 10.6. The molecule has 1 saturated heterocycles. The molecule has 1 aromatic heterocycles. The van der Waals surface area contributed by atoms with Crippen molar-refractivity contribution in [3.63, 3.8) is 0 Å². The van der Waals surface area contributed by atoms with E-state index in [1.165, 1.54) is 4.68 Å². The summed E-state index contributed by atoms with van der Waals surface area (Å²) in [6, 6.07) is 0.